The fourth-order valence-corrected chi connectivity index (χ4v) is 3.39. The molecule has 132 valence electrons. The Morgan fingerprint density at radius 2 is 2.00 bits per heavy atom. The van der Waals surface area contributed by atoms with Gasteiger partial charge in [0.25, 0.3) is 0 Å². The molecule has 0 saturated heterocycles. The molecule has 1 N–H and O–H groups in total. The van der Waals surface area contributed by atoms with Gasteiger partial charge in [0, 0.05) is 24.0 Å². The smallest absolute Gasteiger partial charge is 0.230 e. The zero-order chi connectivity index (χ0) is 17.8. The summed E-state index contributed by atoms with van der Waals surface area (Å²) in [6, 6.07) is 14.4. The van der Waals surface area contributed by atoms with Crippen molar-refractivity contribution in [2.45, 2.75) is 30.6 Å². The van der Waals surface area contributed by atoms with E-state index in [4.69, 9.17) is 0 Å². The number of thioether (sulfide) groups is 1. The van der Waals surface area contributed by atoms with Gasteiger partial charge in [-0.3, -0.25) is 14.3 Å². The summed E-state index contributed by atoms with van der Waals surface area (Å²) in [5.74, 6) is 1.15. The predicted octanol–water partition coefficient (Wildman–Crippen LogP) is 2.76. The minimum Gasteiger partial charge on any atom is -0.353 e. The van der Waals surface area contributed by atoms with Gasteiger partial charge in [0.1, 0.15) is 0 Å². The third-order valence-electron chi connectivity index (χ3n) is 4.09. The molecule has 0 atom stereocenters. The first kappa shape index (κ1) is 16.8. The highest BCUT2D eigenvalue weighted by Crippen LogP contribution is 2.25. The molecule has 1 saturated carbocycles. The van der Waals surface area contributed by atoms with Crippen LogP contribution in [0.1, 0.15) is 18.4 Å². The summed E-state index contributed by atoms with van der Waals surface area (Å²) in [5, 5.41) is 12.4. The van der Waals surface area contributed by atoms with E-state index in [2.05, 4.69) is 32.6 Å². The topological polar surface area (TPSA) is 72.7 Å². The van der Waals surface area contributed by atoms with Crippen molar-refractivity contribution in [1.29, 1.82) is 0 Å². The van der Waals surface area contributed by atoms with Crippen molar-refractivity contribution in [1.82, 2.24) is 25.1 Å². The Balaban J connectivity index is 1.58. The van der Waals surface area contributed by atoms with E-state index >= 15 is 0 Å². The van der Waals surface area contributed by atoms with E-state index < -0.39 is 0 Å². The van der Waals surface area contributed by atoms with Gasteiger partial charge in [0.05, 0.1) is 12.3 Å². The number of nitrogens with zero attached hydrogens (tertiary/aromatic N) is 4. The lowest BCUT2D eigenvalue weighted by Gasteiger charge is -2.10. The number of hydrogen-bond donors (Lipinski definition) is 1. The van der Waals surface area contributed by atoms with E-state index in [1.807, 2.05) is 34.9 Å². The second kappa shape index (κ2) is 7.70. The van der Waals surface area contributed by atoms with Crippen molar-refractivity contribution in [3.05, 3.63) is 60.4 Å². The molecule has 1 fully saturated rings. The van der Waals surface area contributed by atoms with Gasteiger partial charge in [-0.25, -0.2) is 0 Å². The van der Waals surface area contributed by atoms with Crippen LogP contribution in [-0.4, -0.2) is 37.5 Å². The Morgan fingerprint density at radius 3 is 2.73 bits per heavy atom. The lowest BCUT2D eigenvalue weighted by Crippen LogP contribution is -2.27. The van der Waals surface area contributed by atoms with Crippen molar-refractivity contribution in [2.24, 2.45) is 0 Å². The molecule has 1 aliphatic carbocycles. The average Bonchev–Trinajstić information content (AvgIpc) is 3.40. The Labute approximate surface area is 156 Å². The lowest BCUT2D eigenvalue weighted by molar-refractivity contribution is -0.118. The number of carbonyl (C=O) groups excluding carboxylic acids is 1. The summed E-state index contributed by atoms with van der Waals surface area (Å²) in [7, 11) is 0. The molecule has 7 heteroatoms. The van der Waals surface area contributed by atoms with Crippen LogP contribution in [0.25, 0.3) is 11.4 Å². The van der Waals surface area contributed by atoms with E-state index in [0.717, 1.165) is 34.9 Å². The Kier molecular flexibility index (Phi) is 4.97. The number of pyridine rings is 1. The molecule has 0 bridgehead atoms. The van der Waals surface area contributed by atoms with Crippen LogP contribution in [0.3, 0.4) is 0 Å². The van der Waals surface area contributed by atoms with Crippen LogP contribution in [0.5, 0.6) is 0 Å². The maximum absolute atomic E-state index is 12.0. The van der Waals surface area contributed by atoms with Crippen molar-refractivity contribution >= 4 is 17.7 Å². The number of nitrogens with one attached hydrogen (secondary N) is 1. The minimum absolute atomic E-state index is 0.0506. The van der Waals surface area contributed by atoms with Crippen molar-refractivity contribution in [2.75, 3.05) is 5.75 Å². The van der Waals surface area contributed by atoms with Gasteiger partial charge < -0.3 is 5.32 Å². The quantitative estimate of drug-likeness (QED) is 0.652. The first-order chi connectivity index (χ1) is 12.8. The SMILES string of the molecule is O=C(CSc1nnc(-c2cccnc2)n1Cc1ccccc1)NC1CC1. The van der Waals surface area contributed by atoms with Crippen molar-refractivity contribution in [3.63, 3.8) is 0 Å². The van der Waals surface area contributed by atoms with Crippen molar-refractivity contribution in [3.8, 4) is 11.4 Å². The molecule has 0 unspecified atom stereocenters. The van der Waals surface area contributed by atoms with Crippen LogP contribution >= 0.6 is 11.8 Å². The zero-order valence-corrected chi connectivity index (χ0v) is 15.0. The van der Waals surface area contributed by atoms with Crippen LogP contribution in [-0.2, 0) is 11.3 Å². The number of rotatable bonds is 7. The first-order valence-corrected chi connectivity index (χ1v) is 9.58. The standard InChI is InChI=1S/C19H19N5OS/c25-17(21-16-8-9-16)13-26-19-23-22-18(15-7-4-10-20-11-15)24(19)12-14-5-2-1-3-6-14/h1-7,10-11,16H,8-9,12-13H2,(H,21,25). The molecule has 6 nitrogen and oxygen atoms in total. The third kappa shape index (κ3) is 4.11. The van der Waals surface area contributed by atoms with Gasteiger partial charge >= 0.3 is 0 Å². The minimum atomic E-state index is 0.0506. The second-order valence-corrected chi connectivity index (χ2v) is 7.19. The number of hydrogen-bond acceptors (Lipinski definition) is 5. The van der Waals surface area contributed by atoms with Gasteiger partial charge in [-0.15, -0.1) is 10.2 Å². The van der Waals surface area contributed by atoms with E-state index in [1.54, 1.807) is 12.4 Å². The Morgan fingerprint density at radius 1 is 1.15 bits per heavy atom. The van der Waals surface area contributed by atoms with Crippen molar-refractivity contribution < 1.29 is 4.79 Å². The highest BCUT2D eigenvalue weighted by atomic mass is 32.2. The molecular formula is C19H19N5OS. The largest absolute Gasteiger partial charge is 0.353 e. The van der Waals surface area contributed by atoms with Gasteiger partial charge in [-0.2, -0.15) is 0 Å². The summed E-state index contributed by atoms with van der Waals surface area (Å²) in [5.41, 5.74) is 2.06. The third-order valence-corrected chi connectivity index (χ3v) is 5.06. The molecule has 4 rings (SSSR count). The summed E-state index contributed by atoms with van der Waals surface area (Å²) >= 11 is 1.42. The zero-order valence-electron chi connectivity index (χ0n) is 14.2. The fourth-order valence-electron chi connectivity index (χ4n) is 2.64. The van der Waals surface area contributed by atoms with E-state index in [-0.39, 0.29) is 5.91 Å². The molecule has 0 radical (unpaired) electrons. The van der Waals surface area contributed by atoms with Gasteiger partial charge in [-0.05, 0) is 30.5 Å². The lowest BCUT2D eigenvalue weighted by atomic mass is 10.2. The summed E-state index contributed by atoms with van der Waals surface area (Å²) in [4.78, 5) is 16.2. The Bertz CT molecular complexity index is 877. The molecule has 26 heavy (non-hydrogen) atoms. The fraction of sp³-hybridized carbons (Fsp3) is 0.263. The normalized spacial score (nSPS) is 13.5. The molecule has 2 aromatic heterocycles. The first-order valence-electron chi connectivity index (χ1n) is 8.59. The molecule has 1 aliphatic rings. The molecule has 3 aromatic rings. The number of benzene rings is 1. The highest BCUT2D eigenvalue weighted by Gasteiger charge is 2.23. The van der Waals surface area contributed by atoms with Gasteiger partial charge in [0.2, 0.25) is 5.91 Å². The number of carbonyl (C=O) groups is 1. The van der Waals surface area contributed by atoms with E-state index in [1.165, 1.54) is 11.8 Å². The van der Waals surface area contributed by atoms with Gasteiger partial charge in [-0.1, -0.05) is 42.1 Å². The van der Waals surface area contributed by atoms with E-state index in [9.17, 15) is 4.79 Å². The van der Waals surface area contributed by atoms with E-state index in [0.29, 0.717) is 18.3 Å². The maximum atomic E-state index is 12.0. The molecule has 0 spiro atoms. The monoisotopic (exact) mass is 365 g/mol. The highest BCUT2D eigenvalue weighted by molar-refractivity contribution is 7.99. The molecule has 0 aliphatic heterocycles. The molecular weight excluding hydrogens is 346 g/mol. The summed E-state index contributed by atoms with van der Waals surface area (Å²) < 4.78 is 2.04. The molecule has 2 heterocycles. The number of aromatic nitrogens is 4. The second-order valence-electron chi connectivity index (χ2n) is 6.25. The Hall–Kier alpha value is -2.67. The van der Waals surface area contributed by atoms with Crippen LogP contribution in [0.2, 0.25) is 0 Å². The maximum Gasteiger partial charge on any atom is 0.230 e. The number of amides is 1. The molecule has 1 amide bonds. The van der Waals surface area contributed by atoms with Crippen LogP contribution in [0.4, 0.5) is 0 Å². The van der Waals surface area contributed by atoms with Crippen LogP contribution in [0, 0.1) is 0 Å². The van der Waals surface area contributed by atoms with Crippen LogP contribution < -0.4 is 5.32 Å². The average molecular weight is 365 g/mol. The molecule has 1 aromatic carbocycles. The van der Waals surface area contributed by atoms with Gasteiger partial charge in [0.15, 0.2) is 11.0 Å². The summed E-state index contributed by atoms with van der Waals surface area (Å²) in [6.07, 6.45) is 5.69. The summed E-state index contributed by atoms with van der Waals surface area (Å²) in [6.45, 7) is 0.643. The predicted molar refractivity (Wildman–Crippen MR) is 101 cm³/mol. The van der Waals surface area contributed by atoms with Crippen LogP contribution in [0.15, 0.2) is 60.0 Å².